The Balaban J connectivity index is 2.62. The first-order chi connectivity index (χ1) is 8.13. The molecule has 88 valence electrons. The molecule has 0 fully saturated rings. The summed E-state index contributed by atoms with van der Waals surface area (Å²) in [6.07, 6.45) is 0. The average molecular weight is 316 g/mol. The molecule has 17 heavy (non-hydrogen) atoms. The lowest BCUT2D eigenvalue weighted by Gasteiger charge is -2.05. The van der Waals surface area contributed by atoms with Gasteiger partial charge in [0.15, 0.2) is 0 Å². The van der Waals surface area contributed by atoms with Crippen LogP contribution in [0, 0.1) is 0 Å². The zero-order chi connectivity index (χ0) is 12.4. The lowest BCUT2D eigenvalue weighted by Crippen LogP contribution is -2.10. The van der Waals surface area contributed by atoms with Crippen LogP contribution >= 0.6 is 27.5 Å². The van der Waals surface area contributed by atoms with Gasteiger partial charge in [-0.1, -0.05) is 17.7 Å². The minimum Gasteiger partial charge on any atom is -0.460 e. The monoisotopic (exact) mass is 314 g/mol. The number of para-hydroxylation sites is 1. The van der Waals surface area contributed by atoms with Gasteiger partial charge in [0.05, 0.1) is 12.1 Å². The summed E-state index contributed by atoms with van der Waals surface area (Å²) in [7, 11) is 0. The van der Waals surface area contributed by atoms with Crippen LogP contribution in [-0.2, 0) is 4.74 Å². The number of fused-ring (bicyclic) bond motifs is 1. The number of hydrogen-bond acceptors (Lipinski definition) is 4. The lowest BCUT2D eigenvalue weighted by atomic mass is 10.2. The quantitative estimate of drug-likeness (QED) is 0.631. The van der Waals surface area contributed by atoms with E-state index in [1.807, 2.05) is 12.1 Å². The van der Waals surface area contributed by atoms with E-state index in [0.717, 1.165) is 4.47 Å². The topological polar surface area (TPSA) is 52.1 Å². The number of esters is 1. The Morgan fingerprint density at radius 1 is 1.47 bits per heavy atom. The molecule has 0 aliphatic carbocycles. The van der Waals surface area contributed by atoms with Gasteiger partial charge < -0.3 is 4.74 Å². The van der Waals surface area contributed by atoms with Crippen LogP contribution in [0.25, 0.3) is 10.9 Å². The Labute approximate surface area is 111 Å². The zero-order valence-corrected chi connectivity index (χ0v) is 11.2. The van der Waals surface area contributed by atoms with Crippen LogP contribution < -0.4 is 0 Å². The number of carbonyl (C=O) groups is 1. The molecule has 6 heteroatoms. The standard InChI is InChI=1S/C11H8BrClN2O2/c1-2-17-11(16)10-14-8-6(9(13)15-10)4-3-5-7(8)12/h3-5H,2H2,1H3. The SMILES string of the molecule is CCOC(=O)c1nc(Cl)c2cccc(Br)c2n1. The first-order valence-corrected chi connectivity index (χ1v) is 6.09. The second kappa shape index (κ2) is 4.98. The first-order valence-electron chi connectivity index (χ1n) is 4.92. The number of aromatic nitrogens is 2. The van der Waals surface area contributed by atoms with Gasteiger partial charge in [0.1, 0.15) is 5.15 Å². The molecule has 1 heterocycles. The average Bonchev–Trinajstić information content (AvgIpc) is 2.30. The van der Waals surface area contributed by atoms with Crippen LogP contribution in [0.4, 0.5) is 0 Å². The molecule has 1 aromatic carbocycles. The van der Waals surface area contributed by atoms with E-state index >= 15 is 0 Å². The number of ether oxygens (including phenoxy) is 1. The molecule has 2 rings (SSSR count). The molecule has 0 unspecified atom stereocenters. The van der Waals surface area contributed by atoms with Crippen LogP contribution in [0.3, 0.4) is 0 Å². The minimum absolute atomic E-state index is 0.0312. The van der Waals surface area contributed by atoms with Gasteiger partial charge >= 0.3 is 5.97 Å². The zero-order valence-electron chi connectivity index (χ0n) is 8.91. The molecule has 0 N–H and O–H groups in total. The van der Waals surface area contributed by atoms with E-state index in [1.165, 1.54) is 0 Å². The maximum Gasteiger partial charge on any atom is 0.376 e. The molecule has 2 aromatic rings. The summed E-state index contributed by atoms with van der Waals surface area (Å²) in [6.45, 7) is 1.99. The molecule has 0 spiro atoms. The Morgan fingerprint density at radius 2 is 2.24 bits per heavy atom. The molecule has 0 aliphatic rings. The van der Waals surface area contributed by atoms with Gasteiger partial charge in [0, 0.05) is 9.86 Å². The maximum atomic E-state index is 11.5. The smallest absolute Gasteiger partial charge is 0.376 e. The van der Waals surface area contributed by atoms with E-state index in [2.05, 4.69) is 25.9 Å². The highest BCUT2D eigenvalue weighted by molar-refractivity contribution is 9.10. The fourth-order valence-electron chi connectivity index (χ4n) is 1.37. The lowest BCUT2D eigenvalue weighted by molar-refractivity contribution is 0.0512. The van der Waals surface area contributed by atoms with Crippen molar-refractivity contribution in [2.45, 2.75) is 6.92 Å². The number of rotatable bonds is 2. The predicted octanol–water partition coefficient (Wildman–Crippen LogP) is 3.22. The third kappa shape index (κ3) is 2.40. The third-order valence-electron chi connectivity index (χ3n) is 2.09. The van der Waals surface area contributed by atoms with Crippen molar-refractivity contribution < 1.29 is 9.53 Å². The van der Waals surface area contributed by atoms with Gasteiger partial charge in [-0.15, -0.1) is 0 Å². The summed E-state index contributed by atoms with van der Waals surface area (Å²) in [5, 5.41) is 0.924. The van der Waals surface area contributed by atoms with Crippen molar-refractivity contribution in [1.29, 1.82) is 0 Å². The summed E-state index contributed by atoms with van der Waals surface area (Å²) >= 11 is 9.35. The van der Waals surface area contributed by atoms with Crippen LogP contribution in [0.2, 0.25) is 5.15 Å². The Hall–Kier alpha value is -1.20. The summed E-state index contributed by atoms with van der Waals surface area (Å²) in [5.74, 6) is -0.608. The van der Waals surface area contributed by atoms with Gasteiger partial charge in [0.25, 0.3) is 0 Å². The number of carbonyl (C=O) groups excluding carboxylic acids is 1. The highest BCUT2D eigenvalue weighted by Crippen LogP contribution is 2.26. The van der Waals surface area contributed by atoms with Crippen molar-refractivity contribution in [1.82, 2.24) is 9.97 Å². The molecule has 0 saturated carbocycles. The van der Waals surface area contributed by atoms with Crippen molar-refractivity contribution in [3.8, 4) is 0 Å². The van der Waals surface area contributed by atoms with E-state index in [4.69, 9.17) is 16.3 Å². The summed E-state index contributed by atoms with van der Waals surface area (Å²) < 4.78 is 5.59. The molecule has 0 saturated heterocycles. The summed E-state index contributed by atoms with van der Waals surface area (Å²) in [6, 6.07) is 5.43. The van der Waals surface area contributed by atoms with Crippen molar-refractivity contribution in [3.63, 3.8) is 0 Å². The Kier molecular flexibility index (Phi) is 3.59. The normalized spacial score (nSPS) is 10.5. The highest BCUT2D eigenvalue weighted by Gasteiger charge is 2.15. The number of benzene rings is 1. The van der Waals surface area contributed by atoms with Gasteiger partial charge in [-0.25, -0.2) is 14.8 Å². The predicted molar refractivity (Wildman–Crippen MR) is 68.2 cm³/mol. The van der Waals surface area contributed by atoms with E-state index in [-0.39, 0.29) is 17.6 Å². The van der Waals surface area contributed by atoms with Gasteiger partial charge in [0.2, 0.25) is 5.82 Å². The Morgan fingerprint density at radius 3 is 2.94 bits per heavy atom. The third-order valence-corrected chi connectivity index (χ3v) is 3.02. The minimum atomic E-state index is -0.577. The number of hydrogen-bond donors (Lipinski definition) is 0. The summed E-state index contributed by atoms with van der Waals surface area (Å²) in [4.78, 5) is 19.6. The fourth-order valence-corrected chi connectivity index (χ4v) is 2.05. The fraction of sp³-hybridized carbons (Fsp3) is 0.182. The first kappa shape index (κ1) is 12.3. The number of nitrogens with zero attached hydrogens (tertiary/aromatic N) is 2. The largest absolute Gasteiger partial charge is 0.460 e. The van der Waals surface area contributed by atoms with Crippen LogP contribution in [-0.4, -0.2) is 22.5 Å². The van der Waals surface area contributed by atoms with Gasteiger partial charge in [-0.3, -0.25) is 0 Å². The second-order valence-electron chi connectivity index (χ2n) is 3.19. The van der Waals surface area contributed by atoms with Crippen molar-refractivity contribution >= 4 is 44.4 Å². The number of halogens is 2. The molecule has 0 amide bonds. The summed E-state index contributed by atoms with van der Waals surface area (Å²) in [5.41, 5.74) is 0.593. The van der Waals surface area contributed by atoms with Crippen LogP contribution in [0.1, 0.15) is 17.5 Å². The van der Waals surface area contributed by atoms with Crippen LogP contribution in [0.5, 0.6) is 0 Å². The van der Waals surface area contributed by atoms with E-state index < -0.39 is 5.97 Å². The maximum absolute atomic E-state index is 11.5. The van der Waals surface area contributed by atoms with Crippen molar-refractivity contribution in [3.05, 3.63) is 33.6 Å². The molecule has 1 aromatic heterocycles. The second-order valence-corrected chi connectivity index (χ2v) is 4.41. The van der Waals surface area contributed by atoms with Gasteiger partial charge in [-0.2, -0.15) is 0 Å². The van der Waals surface area contributed by atoms with Crippen molar-refractivity contribution in [2.75, 3.05) is 6.61 Å². The highest BCUT2D eigenvalue weighted by atomic mass is 79.9. The molecular formula is C11H8BrClN2O2. The van der Waals surface area contributed by atoms with E-state index in [1.54, 1.807) is 13.0 Å². The molecule has 0 radical (unpaired) electrons. The van der Waals surface area contributed by atoms with Crippen LogP contribution in [0.15, 0.2) is 22.7 Å². The molecule has 0 aliphatic heterocycles. The van der Waals surface area contributed by atoms with Crippen molar-refractivity contribution in [2.24, 2.45) is 0 Å². The van der Waals surface area contributed by atoms with E-state index in [9.17, 15) is 4.79 Å². The Bertz CT molecular complexity index is 589. The van der Waals surface area contributed by atoms with Gasteiger partial charge in [-0.05, 0) is 35.0 Å². The molecular weight excluding hydrogens is 307 g/mol. The molecule has 4 nitrogen and oxygen atoms in total. The molecule has 0 bridgehead atoms. The molecule has 0 atom stereocenters. The van der Waals surface area contributed by atoms with E-state index in [0.29, 0.717) is 10.9 Å².